The van der Waals surface area contributed by atoms with E-state index in [1.165, 1.54) is 10.8 Å². The topological polar surface area (TPSA) is 40.5 Å². The average Bonchev–Trinajstić information content (AvgIpc) is 2.94. The maximum Gasteiger partial charge on any atom is 0.255 e. The van der Waals surface area contributed by atoms with Gasteiger partial charge in [-0.15, -0.1) is 0 Å². The third-order valence-corrected chi connectivity index (χ3v) is 5.06. The second-order valence-corrected chi connectivity index (χ2v) is 6.46. The summed E-state index contributed by atoms with van der Waals surface area (Å²) < 4.78 is 0. The predicted molar refractivity (Wildman–Crippen MR) is 95.1 cm³/mol. The zero-order valence-electron chi connectivity index (χ0n) is 13.8. The lowest BCUT2D eigenvalue weighted by molar-refractivity contribution is 0.0715. The molecule has 0 aromatic heterocycles. The van der Waals surface area contributed by atoms with Gasteiger partial charge < -0.3 is 10.0 Å². The molecule has 1 aliphatic rings. The molecule has 1 N–H and O–H groups in total. The lowest BCUT2D eigenvalue weighted by atomic mass is 10.0. The Kier molecular flexibility index (Phi) is 3.31. The normalized spacial score (nSPS) is 14.9. The van der Waals surface area contributed by atoms with E-state index in [9.17, 15) is 9.90 Å². The second kappa shape index (κ2) is 5.38. The van der Waals surface area contributed by atoms with E-state index in [0.29, 0.717) is 17.7 Å². The summed E-state index contributed by atoms with van der Waals surface area (Å²) in [6.07, 6.45) is 0. The van der Waals surface area contributed by atoms with Crippen LogP contribution >= 0.6 is 0 Å². The summed E-state index contributed by atoms with van der Waals surface area (Å²) >= 11 is 0. The number of amides is 1. The van der Waals surface area contributed by atoms with Crippen LogP contribution in [0, 0.1) is 6.92 Å². The molecule has 3 aromatic carbocycles. The molecule has 0 radical (unpaired) electrons. The van der Waals surface area contributed by atoms with Crippen molar-refractivity contribution in [1.29, 1.82) is 0 Å². The number of benzene rings is 3. The quantitative estimate of drug-likeness (QED) is 0.752. The van der Waals surface area contributed by atoms with E-state index >= 15 is 0 Å². The highest BCUT2D eigenvalue weighted by molar-refractivity contribution is 6.00. The molecule has 0 unspecified atom stereocenters. The SMILES string of the molecule is Cc1c(O)ccc2c1C(=O)N([C@@H](C)c1ccc3ccccc3c1)C2. The van der Waals surface area contributed by atoms with E-state index in [0.717, 1.165) is 11.1 Å². The molecule has 120 valence electrons. The minimum Gasteiger partial charge on any atom is -0.508 e. The third-order valence-electron chi connectivity index (χ3n) is 5.06. The Balaban J connectivity index is 1.71. The fraction of sp³-hybridized carbons (Fsp3) is 0.190. The van der Waals surface area contributed by atoms with E-state index < -0.39 is 0 Å². The Morgan fingerprint density at radius 2 is 1.79 bits per heavy atom. The highest BCUT2D eigenvalue weighted by Crippen LogP contribution is 2.36. The summed E-state index contributed by atoms with van der Waals surface area (Å²) in [5, 5.41) is 12.3. The van der Waals surface area contributed by atoms with Crippen LogP contribution in [-0.2, 0) is 6.54 Å². The lowest BCUT2D eigenvalue weighted by Gasteiger charge is -2.25. The van der Waals surface area contributed by atoms with Gasteiger partial charge in [0.2, 0.25) is 0 Å². The first-order valence-corrected chi connectivity index (χ1v) is 8.17. The average molecular weight is 317 g/mol. The molecule has 3 nitrogen and oxygen atoms in total. The van der Waals surface area contributed by atoms with Crippen LogP contribution in [0.25, 0.3) is 10.8 Å². The van der Waals surface area contributed by atoms with E-state index in [2.05, 4.69) is 37.3 Å². The summed E-state index contributed by atoms with van der Waals surface area (Å²) in [5.74, 6) is 0.182. The van der Waals surface area contributed by atoms with Crippen molar-refractivity contribution in [2.75, 3.05) is 0 Å². The highest BCUT2D eigenvalue weighted by Gasteiger charge is 2.33. The molecule has 0 fully saturated rings. The highest BCUT2D eigenvalue weighted by atomic mass is 16.3. The van der Waals surface area contributed by atoms with Gasteiger partial charge in [-0.25, -0.2) is 0 Å². The molecule has 3 aromatic rings. The van der Waals surface area contributed by atoms with E-state index in [4.69, 9.17) is 0 Å². The Hall–Kier alpha value is -2.81. The van der Waals surface area contributed by atoms with Gasteiger partial charge in [-0.05, 0) is 47.9 Å². The molecule has 0 spiro atoms. The fourth-order valence-electron chi connectivity index (χ4n) is 3.55. The van der Waals surface area contributed by atoms with Crippen LogP contribution in [0.5, 0.6) is 5.75 Å². The van der Waals surface area contributed by atoms with Gasteiger partial charge in [0, 0.05) is 12.1 Å². The number of phenolic OH excluding ortho intramolecular Hbond substituents is 1. The number of fused-ring (bicyclic) bond motifs is 2. The molecular formula is C21H19NO2. The van der Waals surface area contributed by atoms with Crippen LogP contribution in [-0.4, -0.2) is 15.9 Å². The number of hydrogen-bond donors (Lipinski definition) is 1. The van der Waals surface area contributed by atoms with Gasteiger partial charge in [-0.2, -0.15) is 0 Å². The van der Waals surface area contributed by atoms with Crippen molar-refractivity contribution >= 4 is 16.7 Å². The Morgan fingerprint density at radius 1 is 1.04 bits per heavy atom. The number of carbonyl (C=O) groups excluding carboxylic acids is 1. The van der Waals surface area contributed by atoms with Crippen molar-refractivity contribution in [3.8, 4) is 5.75 Å². The Labute approximate surface area is 141 Å². The third kappa shape index (κ3) is 2.16. The number of carbonyl (C=O) groups is 1. The van der Waals surface area contributed by atoms with Crippen LogP contribution < -0.4 is 0 Å². The maximum atomic E-state index is 12.9. The molecule has 1 amide bonds. The molecular weight excluding hydrogens is 298 g/mol. The van der Waals surface area contributed by atoms with Crippen molar-refractivity contribution in [2.24, 2.45) is 0 Å². The molecule has 4 rings (SSSR count). The summed E-state index contributed by atoms with van der Waals surface area (Å²) in [4.78, 5) is 14.7. The summed E-state index contributed by atoms with van der Waals surface area (Å²) in [7, 11) is 0. The summed E-state index contributed by atoms with van der Waals surface area (Å²) in [6, 6.07) is 18.1. The first-order valence-electron chi connectivity index (χ1n) is 8.17. The van der Waals surface area contributed by atoms with Crippen molar-refractivity contribution in [3.05, 3.63) is 76.9 Å². The van der Waals surface area contributed by atoms with Gasteiger partial charge in [0.1, 0.15) is 5.75 Å². The maximum absolute atomic E-state index is 12.9. The number of rotatable bonds is 2. The number of aromatic hydroxyl groups is 1. The molecule has 1 aliphatic heterocycles. The molecule has 0 saturated heterocycles. The monoisotopic (exact) mass is 317 g/mol. The van der Waals surface area contributed by atoms with E-state index in [1.807, 2.05) is 23.1 Å². The Morgan fingerprint density at radius 3 is 2.58 bits per heavy atom. The minimum absolute atomic E-state index is 0.000872. The molecule has 1 atom stereocenters. The van der Waals surface area contributed by atoms with Crippen molar-refractivity contribution < 1.29 is 9.90 Å². The largest absolute Gasteiger partial charge is 0.508 e. The van der Waals surface area contributed by atoms with Crippen LogP contribution in [0.15, 0.2) is 54.6 Å². The van der Waals surface area contributed by atoms with E-state index in [1.54, 1.807) is 13.0 Å². The first-order chi connectivity index (χ1) is 11.6. The number of nitrogens with zero attached hydrogens (tertiary/aromatic N) is 1. The minimum atomic E-state index is -0.0175. The second-order valence-electron chi connectivity index (χ2n) is 6.46. The standard InChI is InChI=1S/C21H19NO2/c1-13-19(23)10-9-18-12-22(21(24)20(13)18)14(2)16-8-7-15-5-3-4-6-17(15)11-16/h3-11,14,23H,12H2,1-2H3/t14-/m0/s1. The van der Waals surface area contributed by atoms with Gasteiger partial charge in [0.15, 0.2) is 0 Å². The van der Waals surface area contributed by atoms with Gasteiger partial charge >= 0.3 is 0 Å². The smallest absolute Gasteiger partial charge is 0.255 e. The van der Waals surface area contributed by atoms with Crippen LogP contribution in [0.4, 0.5) is 0 Å². The predicted octanol–water partition coefficient (Wildman–Crippen LogP) is 4.57. The number of phenols is 1. The van der Waals surface area contributed by atoms with Gasteiger partial charge in [0.05, 0.1) is 11.6 Å². The molecule has 0 aliphatic carbocycles. The first kappa shape index (κ1) is 14.8. The molecule has 0 bridgehead atoms. The van der Waals surface area contributed by atoms with Crippen molar-refractivity contribution in [2.45, 2.75) is 26.4 Å². The van der Waals surface area contributed by atoms with Crippen LogP contribution in [0.2, 0.25) is 0 Å². The zero-order valence-corrected chi connectivity index (χ0v) is 13.8. The zero-order chi connectivity index (χ0) is 16.8. The Bertz CT molecular complexity index is 961. The molecule has 1 heterocycles. The number of hydrogen-bond acceptors (Lipinski definition) is 2. The molecule has 0 saturated carbocycles. The molecule has 24 heavy (non-hydrogen) atoms. The van der Waals surface area contributed by atoms with E-state index in [-0.39, 0.29) is 17.7 Å². The lowest BCUT2D eigenvalue weighted by Crippen LogP contribution is -2.27. The van der Waals surface area contributed by atoms with Gasteiger partial charge in [-0.3, -0.25) is 4.79 Å². The van der Waals surface area contributed by atoms with Gasteiger partial charge in [-0.1, -0.05) is 42.5 Å². The van der Waals surface area contributed by atoms with Crippen LogP contribution in [0.1, 0.15) is 40.0 Å². The van der Waals surface area contributed by atoms with Gasteiger partial charge in [0.25, 0.3) is 5.91 Å². The summed E-state index contributed by atoms with van der Waals surface area (Å²) in [6.45, 7) is 4.45. The fourth-order valence-corrected chi connectivity index (χ4v) is 3.55. The molecule has 3 heteroatoms. The summed E-state index contributed by atoms with van der Waals surface area (Å²) in [5.41, 5.74) is 3.44. The van der Waals surface area contributed by atoms with Crippen molar-refractivity contribution in [3.63, 3.8) is 0 Å². The van der Waals surface area contributed by atoms with Crippen LogP contribution in [0.3, 0.4) is 0 Å². The van der Waals surface area contributed by atoms with Crippen molar-refractivity contribution in [1.82, 2.24) is 4.90 Å².